The Morgan fingerprint density at radius 1 is 1.40 bits per heavy atom. The number of anilines is 1. The van der Waals surface area contributed by atoms with Crippen molar-refractivity contribution >= 4 is 11.8 Å². The molecule has 6 heteroatoms. The number of carbonyl (C=O) groups is 1. The number of amides is 2. The van der Waals surface area contributed by atoms with Crippen molar-refractivity contribution in [1.29, 1.82) is 0 Å². The maximum absolute atomic E-state index is 11.6. The number of rotatable bonds is 5. The van der Waals surface area contributed by atoms with Gasteiger partial charge >= 0.3 is 6.03 Å². The molecule has 0 unspecified atom stereocenters. The molecule has 1 saturated heterocycles. The SMILES string of the molecule is CCCNC(=O)NCc1cccnc1N1CCOCC1. The third kappa shape index (κ3) is 4.09. The van der Waals surface area contributed by atoms with Crippen molar-refractivity contribution in [3.8, 4) is 0 Å². The lowest BCUT2D eigenvalue weighted by Crippen LogP contribution is -2.39. The van der Waals surface area contributed by atoms with Gasteiger partial charge in [0.1, 0.15) is 5.82 Å². The van der Waals surface area contributed by atoms with E-state index in [4.69, 9.17) is 4.74 Å². The molecule has 1 aromatic heterocycles. The standard InChI is InChI=1S/C14H22N4O2/c1-2-5-16-14(19)17-11-12-4-3-6-15-13(12)18-7-9-20-10-8-18/h3-4,6H,2,5,7-11H2,1H3,(H2,16,17,19). The molecule has 2 amide bonds. The minimum atomic E-state index is -0.136. The van der Waals surface area contributed by atoms with Crippen LogP contribution < -0.4 is 15.5 Å². The van der Waals surface area contributed by atoms with Crippen molar-refractivity contribution in [1.82, 2.24) is 15.6 Å². The second kappa shape index (κ2) is 7.69. The van der Waals surface area contributed by atoms with Gasteiger partial charge in [-0.1, -0.05) is 13.0 Å². The summed E-state index contributed by atoms with van der Waals surface area (Å²) in [6, 6.07) is 3.76. The summed E-state index contributed by atoms with van der Waals surface area (Å²) in [7, 11) is 0. The van der Waals surface area contributed by atoms with Gasteiger partial charge in [0.15, 0.2) is 0 Å². The number of morpholine rings is 1. The summed E-state index contributed by atoms with van der Waals surface area (Å²) in [5, 5.41) is 5.66. The number of ether oxygens (including phenoxy) is 1. The summed E-state index contributed by atoms with van der Waals surface area (Å²) in [4.78, 5) is 18.2. The first kappa shape index (κ1) is 14.6. The maximum Gasteiger partial charge on any atom is 0.315 e. The van der Waals surface area contributed by atoms with Crippen LogP contribution in [-0.2, 0) is 11.3 Å². The van der Waals surface area contributed by atoms with E-state index in [2.05, 4.69) is 20.5 Å². The number of aromatic nitrogens is 1. The van der Waals surface area contributed by atoms with Gasteiger partial charge in [0, 0.05) is 37.9 Å². The molecule has 2 rings (SSSR count). The third-order valence-corrected chi connectivity index (χ3v) is 3.15. The van der Waals surface area contributed by atoms with Crippen LogP contribution in [0.2, 0.25) is 0 Å². The lowest BCUT2D eigenvalue weighted by atomic mass is 10.2. The number of urea groups is 1. The van der Waals surface area contributed by atoms with Gasteiger partial charge < -0.3 is 20.3 Å². The number of nitrogens with one attached hydrogen (secondary N) is 2. The van der Waals surface area contributed by atoms with Crippen molar-refractivity contribution in [3.05, 3.63) is 23.9 Å². The summed E-state index contributed by atoms with van der Waals surface area (Å²) < 4.78 is 5.35. The molecule has 0 radical (unpaired) electrons. The molecule has 1 fully saturated rings. The molecule has 6 nitrogen and oxygen atoms in total. The van der Waals surface area contributed by atoms with E-state index in [0.29, 0.717) is 13.1 Å². The fourth-order valence-electron chi connectivity index (χ4n) is 2.10. The zero-order chi connectivity index (χ0) is 14.2. The topological polar surface area (TPSA) is 66.5 Å². The van der Waals surface area contributed by atoms with Gasteiger partial charge in [0.05, 0.1) is 13.2 Å². The van der Waals surface area contributed by atoms with Crippen LogP contribution in [0.15, 0.2) is 18.3 Å². The fourth-order valence-corrected chi connectivity index (χ4v) is 2.10. The second-order valence-corrected chi connectivity index (χ2v) is 4.70. The van der Waals surface area contributed by atoms with Crippen LogP contribution in [0, 0.1) is 0 Å². The lowest BCUT2D eigenvalue weighted by molar-refractivity contribution is 0.122. The minimum absolute atomic E-state index is 0.136. The van der Waals surface area contributed by atoms with Crippen LogP contribution in [-0.4, -0.2) is 43.9 Å². The van der Waals surface area contributed by atoms with E-state index in [1.165, 1.54) is 0 Å². The van der Waals surface area contributed by atoms with Gasteiger partial charge in [0.2, 0.25) is 0 Å². The predicted molar refractivity (Wildman–Crippen MR) is 77.8 cm³/mol. The highest BCUT2D eigenvalue weighted by Gasteiger charge is 2.15. The van der Waals surface area contributed by atoms with Crippen LogP contribution >= 0.6 is 0 Å². The first-order valence-corrected chi connectivity index (χ1v) is 7.09. The van der Waals surface area contributed by atoms with Gasteiger partial charge in [-0.2, -0.15) is 0 Å². The highest BCUT2D eigenvalue weighted by molar-refractivity contribution is 5.74. The minimum Gasteiger partial charge on any atom is -0.378 e. The van der Waals surface area contributed by atoms with Crippen molar-refractivity contribution in [2.24, 2.45) is 0 Å². The van der Waals surface area contributed by atoms with Gasteiger partial charge in [-0.15, -0.1) is 0 Å². The quantitative estimate of drug-likeness (QED) is 0.847. The van der Waals surface area contributed by atoms with Crippen molar-refractivity contribution < 1.29 is 9.53 Å². The fraction of sp³-hybridized carbons (Fsp3) is 0.571. The van der Waals surface area contributed by atoms with E-state index in [9.17, 15) is 4.79 Å². The number of hydrogen-bond donors (Lipinski definition) is 2. The van der Waals surface area contributed by atoms with Crippen molar-refractivity contribution in [2.75, 3.05) is 37.7 Å². The first-order chi connectivity index (χ1) is 9.81. The van der Waals surface area contributed by atoms with Crippen LogP contribution in [0.4, 0.5) is 10.6 Å². The number of hydrogen-bond acceptors (Lipinski definition) is 4. The second-order valence-electron chi connectivity index (χ2n) is 4.70. The molecule has 1 aromatic rings. The number of nitrogens with zero attached hydrogens (tertiary/aromatic N) is 2. The van der Waals surface area contributed by atoms with Crippen LogP contribution in [0.25, 0.3) is 0 Å². The number of carbonyl (C=O) groups excluding carboxylic acids is 1. The Bertz CT molecular complexity index is 433. The van der Waals surface area contributed by atoms with E-state index >= 15 is 0 Å². The molecule has 0 spiro atoms. The van der Waals surface area contributed by atoms with E-state index in [1.807, 2.05) is 19.1 Å². The van der Waals surface area contributed by atoms with Crippen LogP contribution in [0.3, 0.4) is 0 Å². The maximum atomic E-state index is 11.6. The zero-order valence-corrected chi connectivity index (χ0v) is 11.9. The Kier molecular flexibility index (Phi) is 5.61. The average molecular weight is 278 g/mol. The normalized spacial score (nSPS) is 14.9. The molecule has 0 bridgehead atoms. The molecule has 0 atom stereocenters. The average Bonchev–Trinajstić information content (AvgIpc) is 2.52. The van der Waals surface area contributed by atoms with Crippen molar-refractivity contribution in [2.45, 2.75) is 19.9 Å². The Hall–Kier alpha value is -1.82. The highest BCUT2D eigenvalue weighted by atomic mass is 16.5. The van der Waals surface area contributed by atoms with E-state index in [1.54, 1.807) is 6.20 Å². The predicted octanol–water partition coefficient (Wildman–Crippen LogP) is 1.13. The van der Waals surface area contributed by atoms with E-state index in [0.717, 1.165) is 44.1 Å². The molecule has 20 heavy (non-hydrogen) atoms. The van der Waals surface area contributed by atoms with Gasteiger partial charge in [-0.25, -0.2) is 9.78 Å². The third-order valence-electron chi connectivity index (χ3n) is 3.15. The first-order valence-electron chi connectivity index (χ1n) is 7.09. The van der Waals surface area contributed by atoms with Gasteiger partial charge in [-0.05, 0) is 12.5 Å². The summed E-state index contributed by atoms with van der Waals surface area (Å²) in [5.41, 5.74) is 1.03. The summed E-state index contributed by atoms with van der Waals surface area (Å²) in [6.07, 6.45) is 2.71. The van der Waals surface area contributed by atoms with E-state index in [-0.39, 0.29) is 6.03 Å². The molecule has 2 N–H and O–H groups in total. The largest absolute Gasteiger partial charge is 0.378 e. The summed E-state index contributed by atoms with van der Waals surface area (Å²) >= 11 is 0. The Morgan fingerprint density at radius 3 is 2.95 bits per heavy atom. The van der Waals surface area contributed by atoms with Crippen LogP contribution in [0.1, 0.15) is 18.9 Å². The Balaban J connectivity index is 1.95. The van der Waals surface area contributed by atoms with Gasteiger partial charge in [-0.3, -0.25) is 0 Å². The molecule has 0 saturated carbocycles. The highest BCUT2D eigenvalue weighted by Crippen LogP contribution is 2.18. The van der Waals surface area contributed by atoms with E-state index < -0.39 is 0 Å². The zero-order valence-electron chi connectivity index (χ0n) is 11.9. The monoisotopic (exact) mass is 278 g/mol. The molecule has 2 heterocycles. The lowest BCUT2D eigenvalue weighted by Gasteiger charge is -2.29. The molecule has 110 valence electrons. The molecule has 0 aliphatic carbocycles. The van der Waals surface area contributed by atoms with Crippen molar-refractivity contribution in [3.63, 3.8) is 0 Å². The Morgan fingerprint density at radius 2 is 2.20 bits per heavy atom. The molecular formula is C14H22N4O2. The smallest absolute Gasteiger partial charge is 0.315 e. The van der Waals surface area contributed by atoms with Crippen LogP contribution in [0.5, 0.6) is 0 Å². The number of pyridine rings is 1. The summed E-state index contributed by atoms with van der Waals surface area (Å²) in [5.74, 6) is 0.937. The molecule has 1 aliphatic rings. The van der Waals surface area contributed by atoms with Gasteiger partial charge in [0.25, 0.3) is 0 Å². The molecular weight excluding hydrogens is 256 g/mol. The summed E-state index contributed by atoms with van der Waals surface area (Å²) in [6.45, 7) is 6.32. The Labute approximate surface area is 119 Å². The molecule has 1 aliphatic heterocycles. The molecule has 0 aromatic carbocycles.